The molecule has 0 unspecified atom stereocenters. The molecule has 2 heterocycles. The van der Waals surface area contributed by atoms with Gasteiger partial charge >= 0.3 is 26.2 Å². The SMILES string of the molecule is CCOC(=O)C(C)(C)CCCC/C(B1OC(C)(C)C(C)(C)O1)=C(\CCCCCC(C)(C)C(C)=O)B1OC(C)(C)C(C)(C)O1.CCOC(=O)C(C)(C)CCCC/C(C)=C(/C)CCCCCC(C)(C)C(C)=O.CI.[B]B([B])B(B([B])[B])B(B(B([B])[B])B([B])[B])B(B([B])[B])B([B])[B].[B][B]B([B])B(B([B])[B])B(B(B([B])[B])B([B])[B])B(B([B])[B])B([B])[B]. The number of allylic oxidation sites excluding steroid dienone is 4. The van der Waals surface area contributed by atoms with Crippen LogP contribution in [0.5, 0.6) is 0 Å². The second-order valence-electron chi connectivity index (χ2n) is 37.2. The lowest BCUT2D eigenvalue weighted by Crippen LogP contribution is -2.83. The number of rotatable bonds is 49. The van der Waals surface area contributed by atoms with Crippen molar-refractivity contribution in [1.29, 1.82) is 0 Å². The van der Waals surface area contributed by atoms with Gasteiger partial charge in [0.15, 0.2) is 0 Å². The minimum absolute atomic E-state index is 0.0820. The van der Waals surface area contributed by atoms with E-state index in [4.69, 9.17) is 214 Å². The number of alkyl halides is 1. The number of halogens is 1. The van der Waals surface area contributed by atoms with E-state index < -0.39 is 170 Å². The van der Waals surface area contributed by atoms with Crippen LogP contribution in [0, 0.1) is 21.7 Å². The Morgan fingerprint density at radius 2 is 0.521 bits per heavy atom. The van der Waals surface area contributed by atoms with E-state index in [0.717, 1.165) is 114 Å². The molecule has 49 radical (unpaired) electrons. The van der Waals surface area contributed by atoms with Crippen LogP contribution in [0.15, 0.2) is 22.1 Å². The van der Waals surface area contributed by atoms with Gasteiger partial charge in [-0.25, -0.2) is 0 Å². The Kier molecular flexibility index (Phi) is 60.1. The largest absolute Gasteiger partial charge is 0.489 e. The molecule has 2 saturated heterocycles. The summed E-state index contributed by atoms with van der Waals surface area (Å²) in [6, 6.07) is 0. The molecule has 117 heavy (non-hydrogen) atoms. The summed E-state index contributed by atoms with van der Waals surface area (Å²) >= 11 is 2.15. The average Bonchev–Trinajstić information content (AvgIpc) is 1.62. The van der Waals surface area contributed by atoms with Gasteiger partial charge in [-0.2, -0.15) is 0 Å². The molecular formula is C59H109B47IO10. The molecule has 10 nitrogen and oxygen atoms in total. The monoisotopic (exact) mass is 1620 g/mol. The number of carbonyl (C=O) groups is 4. The Labute approximate surface area is 773 Å². The number of carbonyl (C=O) groups excluding carboxylic acids is 4. The Morgan fingerprint density at radius 3 is 0.735 bits per heavy atom. The number of esters is 2. The van der Waals surface area contributed by atoms with Gasteiger partial charge in [0.05, 0.1) is 46.4 Å². The summed E-state index contributed by atoms with van der Waals surface area (Å²) in [6.07, 6.45) is 1.30. The zero-order chi connectivity index (χ0) is 92.4. The standard InChI is InChI=1S/C34H62B2O7.C24H44O3.CH3I.B23.B22/c1-15-39-28(38)30(5,6)24-20-18-22-27(36-42-33(11,12)34(13,14)43-36)26(35-40-31(7,8)32(9,10)41-35)21-17-16-19-23-29(3,4)25(2)37;1-9-27-22(26)24(7,8)18-14-12-16-20(3)19(2)15-11-10-13-17-23(5,6)21(4)25;1-2;1-13-19(12)22(18(10)11)23(20(14(2)3)15(4)5)21(16(6)7)17(8)9;1-13(2)19(14(3)4)22(20(15(5)6)16(7)8)21(17(9)10)18(11)12/h15-24H2,1-14H3;9-18H2,1-8H3;1H3;;/b27-26-;20-19-;;;. The van der Waals surface area contributed by atoms with Crippen LogP contribution in [-0.4, -0.2) is 399 Å². The quantitative estimate of drug-likeness (QED) is 0.0192. The molecule has 0 bridgehead atoms. The molecule has 0 aromatic heterocycles. The molecule has 0 N–H and O–H groups in total. The maximum absolute atomic E-state index is 12.5. The maximum atomic E-state index is 12.5. The van der Waals surface area contributed by atoms with E-state index in [-0.39, 0.29) is 34.0 Å². The topological polar surface area (TPSA) is 124 Å². The van der Waals surface area contributed by atoms with Crippen molar-refractivity contribution in [2.75, 3.05) is 18.1 Å². The fraction of sp³-hybridized carbons (Fsp3) is 0.864. The highest BCUT2D eigenvalue weighted by Gasteiger charge is 2.57. The number of hydrogen-bond acceptors (Lipinski definition) is 10. The smallest absolute Gasteiger partial charge is 0.466 e. The fourth-order valence-electron chi connectivity index (χ4n) is 14.8. The first-order valence-corrected chi connectivity index (χ1v) is 44.3. The maximum Gasteiger partial charge on any atom is 0.489 e. The molecule has 0 atom stereocenters. The molecule has 2 rings (SSSR count). The highest BCUT2D eigenvalue weighted by molar-refractivity contribution is 14.1. The molecule has 2 aliphatic heterocycles. The highest BCUT2D eigenvalue weighted by atomic mass is 127. The minimum Gasteiger partial charge on any atom is -0.466 e. The highest BCUT2D eigenvalue weighted by Crippen LogP contribution is 2.45. The van der Waals surface area contributed by atoms with Crippen molar-refractivity contribution in [3.63, 3.8) is 0 Å². The van der Waals surface area contributed by atoms with E-state index in [1.54, 1.807) is 13.8 Å². The van der Waals surface area contributed by atoms with E-state index in [9.17, 15) is 19.2 Å². The third-order valence-corrected chi connectivity index (χ3v) is 24.7. The van der Waals surface area contributed by atoms with Gasteiger partial charge in [0.2, 0.25) is 0 Å². The van der Waals surface area contributed by atoms with Crippen molar-refractivity contribution in [3.05, 3.63) is 22.1 Å². The van der Waals surface area contributed by atoms with Gasteiger partial charge in [0.1, 0.15) is 11.6 Å². The van der Waals surface area contributed by atoms with Crippen molar-refractivity contribution in [2.45, 2.75) is 290 Å². The van der Waals surface area contributed by atoms with Crippen molar-refractivity contribution in [3.8, 4) is 0 Å². The average molecular weight is 1610 g/mol. The summed E-state index contributed by atoms with van der Waals surface area (Å²) in [5, 5.41) is 0. The van der Waals surface area contributed by atoms with Crippen molar-refractivity contribution in [1.82, 2.24) is 0 Å². The molecule has 58 heteroatoms. The lowest BCUT2D eigenvalue weighted by atomic mass is 8.36. The van der Waals surface area contributed by atoms with Crippen LogP contribution in [0.2, 0.25) is 0 Å². The van der Waals surface area contributed by atoms with Crippen molar-refractivity contribution >= 4 is 381 Å². The summed E-state index contributed by atoms with van der Waals surface area (Å²) < 4.78 is 37.0. The predicted molar refractivity (Wildman–Crippen MR) is 569 cm³/mol. The summed E-state index contributed by atoms with van der Waals surface area (Å²) in [6.45, 7) is 45.1. The molecule has 553 valence electrons. The third kappa shape index (κ3) is 41.8. The van der Waals surface area contributed by atoms with Gasteiger partial charge in [-0.1, -0.05) is 113 Å². The second kappa shape index (κ2) is 57.4. The first-order valence-electron chi connectivity index (χ1n) is 42.1. The number of Topliss-reactive ketones (excluding diaryl/α,β-unsaturated/α-hetero) is 2. The van der Waals surface area contributed by atoms with Crippen molar-refractivity contribution in [2.24, 2.45) is 21.7 Å². The number of ether oxygens (including phenoxy) is 2. The zero-order valence-corrected chi connectivity index (χ0v) is 78.9. The molecule has 0 spiro atoms. The van der Waals surface area contributed by atoms with Gasteiger partial charge in [-0.15, -0.1) is 0 Å². The third-order valence-electron chi connectivity index (χ3n) is 24.7. The van der Waals surface area contributed by atoms with Crippen LogP contribution in [0.4, 0.5) is 0 Å². The lowest BCUT2D eigenvalue weighted by molar-refractivity contribution is -0.154. The first-order chi connectivity index (χ1) is 53.3. The predicted octanol–water partition coefficient (Wildman–Crippen LogP) is -0.785. The fourth-order valence-corrected chi connectivity index (χ4v) is 14.8. The van der Waals surface area contributed by atoms with Gasteiger partial charge in [-0.05, 0) is 205 Å². The molecule has 2 aliphatic rings. The second-order valence-corrected chi connectivity index (χ2v) is 37.2. The molecule has 0 amide bonds. The number of unbranched alkanes of at least 4 members (excludes halogenated alkanes) is 6. The van der Waals surface area contributed by atoms with E-state index >= 15 is 0 Å². The van der Waals surface area contributed by atoms with Crippen molar-refractivity contribution < 1.29 is 47.3 Å². The summed E-state index contributed by atoms with van der Waals surface area (Å²) in [7, 11) is 140. The van der Waals surface area contributed by atoms with E-state index in [1.807, 2.05) is 74.2 Å². The van der Waals surface area contributed by atoms with Gasteiger partial charge in [0, 0.05) is 331 Å². The Balaban J connectivity index is -0.00000154. The van der Waals surface area contributed by atoms with Crippen LogP contribution in [0.1, 0.15) is 268 Å². The van der Waals surface area contributed by atoms with Crippen LogP contribution < -0.4 is 0 Å². The van der Waals surface area contributed by atoms with Crippen LogP contribution >= 0.6 is 22.6 Å². The zero-order valence-electron chi connectivity index (χ0n) is 76.7. The molecule has 2 fully saturated rings. The van der Waals surface area contributed by atoms with Gasteiger partial charge in [0.25, 0.3) is 0 Å². The molecule has 0 aromatic rings. The first kappa shape index (κ1) is 123. The molecular weight excluding hydrogens is 1500 g/mol. The number of hydrogen-bond donors (Lipinski definition) is 0. The lowest BCUT2D eigenvalue weighted by Gasteiger charge is -2.45. The number of ketones is 2. The van der Waals surface area contributed by atoms with Gasteiger partial charge < -0.3 is 28.1 Å². The van der Waals surface area contributed by atoms with Crippen LogP contribution in [0.3, 0.4) is 0 Å². The van der Waals surface area contributed by atoms with Crippen LogP contribution in [-0.2, 0) is 47.3 Å². The molecule has 0 aromatic carbocycles. The summed E-state index contributed by atoms with van der Waals surface area (Å²) in [5.74, 6) is 0.295. The van der Waals surface area contributed by atoms with E-state index in [2.05, 4.69) is 91.8 Å². The summed E-state index contributed by atoms with van der Waals surface area (Å²) in [4.78, 5) is 50.0. The van der Waals surface area contributed by atoms with E-state index in [1.165, 1.54) is 31.0 Å². The Hall–Kier alpha value is 1.38. The molecule has 0 aliphatic carbocycles. The Morgan fingerprint density at radius 1 is 0.325 bits per heavy atom. The minimum atomic E-state index is -0.926. The van der Waals surface area contributed by atoms with E-state index in [0.29, 0.717) is 19.0 Å². The normalized spacial score (nSPS) is 14.6. The molecule has 0 saturated carbocycles. The Bertz CT molecular complexity index is 2760. The van der Waals surface area contributed by atoms with Crippen LogP contribution in [0.25, 0.3) is 0 Å². The van der Waals surface area contributed by atoms with Gasteiger partial charge in [-0.3, -0.25) is 19.2 Å². The summed E-state index contributed by atoms with van der Waals surface area (Å²) in [5.41, 5.74) is 1.91.